The van der Waals surface area contributed by atoms with Gasteiger partial charge in [0.2, 0.25) is 0 Å². The van der Waals surface area contributed by atoms with Crippen molar-refractivity contribution >= 4 is 11.6 Å². The summed E-state index contributed by atoms with van der Waals surface area (Å²) in [6.45, 7) is 0. The Bertz CT molecular complexity index is 601. The van der Waals surface area contributed by atoms with Crippen LogP contribution in [-0.4, -0.2) is 21.9 Å². The van der Waals surface area contributed by atoms with Gasteiger partial charge in [0.05, 0.1) is 5.69 Å². The van der Waals surface area contributed by atoms with Crippen LogP contribution in [0.15, 0.2) is 41.5 Å². The van der Waals surface area contributed by atoms with Crippen LogP contribution in [0, 0.1) is 0 Å². The molecule has 94 valence electrons. The van der Waals surface area contributed by atoms with E-state index < -0.39 is 12.3 Å². The Morgan fingerprint density at radius 3 is 2.44 bits per heavy atom. The highest BCUT2D eigenvalue weighted by Crippen LogP contribution is 2.12. The number of halogens is 2. The van der Waals surface area contributed by atoms with E-state index in [0.29, 0.717) is 5.69 Å². The lowest BCUT2D eigenvalue weighted by Crippen LogP contribution is -2.20. The number of hydrogen-bond acceptors (Lipinski definition) is 2. The van der Waals surface area contributed by atoms with Gasteiger partial charge in [-0.15, -0.1) is 0 Å². The van der Waals surface area contributed by atoms with Gasteiger partial charge < -0.3 is 10.3 Å². The first-order chi connectivity index (χ1) is 8.58. The van der Waals surface area contributed by atoms with Gasteiger partial charge in [0, 0.05) is 18.1 Å². The van der Waals surface area contributed by atoms with Crippen LogP contribution >= 0.6 is 0 Å². The number of imidazole rings is 1. The average molecular weight is 253 g/mol. The summed E-state index contributed by atoms with van der Waals surface area (Å²) in [4.78, 5) is 24.5. The molecular formula is C11H9F2N3O2. The van der Waals surface area contributed by atoms with Crippen molar-refractivity contribution in [2.75, 3.05) is 5.32 Å². The number of nitrogens with zero attached hydrogens (tertiary/aromatic N) is 1. The third-order valence-corrected chi connectivity index (χ3v) is 2.26. The molecule has 2 rings (SSSR count). The minimum atomic E-state index is -3.06. The number of nitrogens with one attached hydrogen (secondary N) is 2. The van der Waals surface area contributed by atoms with Gasteiger partial charge >= 0.3 is 12.1 Å². The maximum Gasteiger partial charge on any atom is 0.330 e. The maximum atomic E-state index is 12.0. The molecule has 0 spiro atoms. The maximum absolute atomic E-state index is 12.0. The van der Waals surface area contributed by atoms with Gasteiger partial charge in [-0.25, -0.2) is 4.79 Å². The molecule has 7 heteroatoms. The monoisotopic (exact) mass is 253 g/mol. The fourth-order valence-corrected chi connectivity index (χ4v) is 1.43. The summed E-state index contributed by atoms with van der Waals surface area (Å²) in [5.41, 5.74) is 0.503. The van der Waals surface area contributed by atoms with E-state index in [2.05, 4.69) is 4.98 Å². The second kappa shape index (κ2) is 4.82. The van der Waals surface area contributed by atoms with Crippen LogP contribution in [0.2, 0.25) is 0 Å². The highest BCUT2D eigenvalue weighted by molar-refractivity contribution is 5.93. The number of aromatic amines is 1. The van der Waals surface area contributed by atoms with E-state index in [-0.39, 0.29) is 11.4 Å². The quantitative estimate of drug-likeness (QED) is 0.867. The Hall–Kier alpha value is -2.44. The Kier molecular flexibility index (Phi) is 3.22. The molecule has 1 amide bonds. The predicted molar refractivity (Wildman–Crippen MR) is 61.0 cm³/mol. The Morgan fingerprint density at radius 2 is 1.94 bits per heavy atom. The number of hydrogen-bond donors (Lipinski definition) is 2. The Morgan fingerprint density at radius 1 is 1.28 bits per heavy atom. The summed E-state index contributed by atoms with van der Waals surface area (Å²) in [6, 6.07) is 5.96. The largest absolute Gasteiger partial charge is 0.330 e. The zero-order valence-electron chi connectivity index (χ0n) is 9.06. The number of alkyl halides is 2. The smallest absolute Gasteiger partial charge is 0.321 e. The molecule has 0 radical (unpaired) electrons. The van der Waals surface area contributed by atoms with E-state index >= 15 is 0 Å². The van der Waals surface area contributed by atoms with Gasteiger partial charge in [-0.1, -0.05) is 0 Å². The molecule has 0 saturated carbocycles. The van der Waals surface area contributed by atoms with Crippen molar-refractivity contribution in [2.45, 2.75) is 6.43 Å². The lowest BCUT2D eigenvalue weighted by atomic mass is 10.2. The van der Waals surface area contributed by atoms with Gasteiger partial charge in [0.15, 0.2) is 0 Å². The lowest BCUT2D eigenvalue weighted by Gasteiger charge is -2.05. The molecule has 0 atom stereocenters. The number of carbonyl (C=O) groups excluding carboxylic acids is 1. The van der Waals surface area contributed by atoms with Crippen LogP contribution < -0.4 is 11.0 Å². The molecule has 1 aromatic carbocycles. The van der Waals surface area contributed by atoms with Crippen molar-refractivity contribution in [3.63, 3.8) is 0 Å². The van der Waals surface area contributed by atoms with E-state index in [4.69, 9.17) is 0 Å². The fourth-order valence-electron chi connectivity index (χ4n) is 1.43. The second-order valence-corrected chi connectivity index (χ2v) is 3.47. The van der Waals surface area contributed by atoms with E-state index in [1.54, 1.807) is 0 Å². The third-order valence-electron chi connectivity index (χ3n) is 2.26. The molecule has 2 aromatic rings. The molecule has 0 bridgehead atoms. The van der Waals surface area contributed by atoms with Crippen molar-refractivity contribution in [3.05, 3.63) is 47.1 Å². The van der Waals surface area contributed by atoms with Crippen molar-refractivity contribution in [2.24, 2.45) is 0 Å². The highest BCUT2D eigenvalue weighted by Gasteiger charge is 2.14. The third kappa shape index (κ3) is 2.45. The number of aromatic nitrogens is 2. The molecule has 0 saturated heterocycles. The minimum absolute atomic E-state index is 0.243. The van der Waals surface area contributed by atoms with Crippen molar-refractivity contribution in [1.29, 1.82) is 0 Å². The summed E-state index contributed by atoms with van der Waals surface area (Å²) in [5, 5.41) is 2.04. The second-order valence-electron chi connectivity index (χ2n) is 3.47. The van der Waals surface area contributed by atoms with E-state index in [0.717, 1.165) is 0 Å². The van der Waals surface area contributed by atoms with Crippen LogP contribution in [0.1, 0.15) is 0 Å². The van der Waals surface area contributed by atoms with Gasteiger partial charge in [0.1, 0.15) is 0 Å². The van der Waals surface area contributed by atoms with Crippen molar-refractivity contribution in [1.82, 2.24) is 9.55 Å². The highest BCUT2D eigenvalue weighted by atomic mass is 19.3. The molecule has 18 heavy (non-hydrogen) atoms. The normalized spacial score (nSPS) is 10.6. The molecular weight excluding hydrogens is 244 g/mol. The molecule has 1 heterocycles. The molecule has 0 fully saturated rings. The first kappa shape index (κ1) is 12.0. The van der Waals surface area contributed by atoms with E-state index in [9.17, 15) is 18.4 Å². The van der Waals surface area contributed by atoms with Crippen molar-refractivity contribution < 1.29 is 13.6 Å². The van der Waals surface area contributed by atoms with Crippen LogP contribution in [-0.2, 0) is 4.79 Å². The SMILES string of the molecule is O=C(Nc1ccc(-n2cc[nH]c2=O)cc1)C(F)F. The number of amides is 1. The topological polar surface area (TPSA) is 66.9 Å². The van der Waals surface area contributed by atoms with Gasteiger partial charge in [-0.3, -0.25) is 9.36 Å². The zero-order chi connectivity index (χ0) is 13.1. The summed E-state index contributed by atoms with van der Waals surface area (Å²) >= 11 is 0. The summed E-state index contributed by atoms with van der Waals surface area (Å²) in [6.07, 6.45) is -0.0406. The fraction of sp³-hybridized carbons (Fsp3) is 0.0909. The number of rotatable bonds is 3. The molecule has 1 aromatic heterocycles. The zero-order valence-corrected chi connectivity index (χ0v) is 9.06. The van der Waals surface area contributed by atoms with Crippen LogP contribution in [0.4, 0.5) is 14.5 Å². The Labute approximate surface area is 100 Å². The number of H-pyrrole nitrogens is 1. The van der Waals surface area contributed by atoms with Gasteiger partial charge in [-0.2, -0.15) is 8.78 Å². The van der Waals surface area contributed by atoms with Crippen LogP contribution in [0.5, 0.6) is 0 Å². The summed E-state index contributed by atoms with van der Waals surface area (Å²) < 4.78 is 25.4. The van der Waals surface area contributed by atoms with E-state index in [1.165, 1.54) is 41.2 Å². The van der Waals surface area contributed by atoms with Crippen LogP contribution in [0.3, 0.4) is 0 Å². The average Bonchev–Trinajstić information content (AvgIpc) is 2.76. The Balaban J connectivity index is 2.18. The molecule has 0 aliphatic heterocycles. The minimum Gasteiger partial charge on any atom is -0.321 e. The summed E-state index contributed by atoms with van der Waals surface area (Å²) in [5.74, 6) is -1.36. The number of anilines is 1. The molecule has 5 nitrogen and oxygen atoms in total. The number of carbonyl (C=O) groups is 1. The van der Waals surface area contributed by atoms with Crippen LogP contribution in [0.25, 0.3) is 5.69 Å². The standard InChI is InChI=1S/C11H9F2N3O2/c12-9(13)10(17)15-7-1-3-8(4-2-7)16-6-5-14-11(16)18/h1-6,9H,(H,14,18)(H,15,17). The number of benzene rings is 1. The molecule has 2 N–H and O–H groups in total. The first-order valence-electron chi connectivity index (χ1n) is 5.03. The lowest BCUT2D eigenvalue weighted by molar-refractivity contribution is -0.126. The molecule has 0 unspecified atom stereocenters. The van der Waals surface area contributed by atoms with Gasteiger partial charge in [-0.05, 0) is 24.3 Å². The predicted octanol–water partition coefficient (Wildman–Crippen LogP) is 1.37. The summed E-state index contributed by atoms with van der Waals surface area (Å²) in [7, 11) is 0. The van der Waals surface area contributed by atoms with Gasteiger partial charge in [0.25, 0.3) is 5.91 Å². The molecule has 0 aliphatic rings. The van der Waals surface area contributed by atoms with Crippen molar-refractivity contribution in [3.8, 4) is 5.69 Å². The van der Waals surface area contributed by atoms with E-state index in [1.807, 2.05) is 5.32 Å². The molecule has 0 aliphatic carbocycles. The first-order valence-corrected chi connectivity index (χ1v) is 5.03.